The predicted octanol–water partition coefficient (Wildman–Crippen LogP) is 16.3. The first-order valence-corrected chi connectivity index (χ1v) is 25.5. The Kier molecular flexibility index (Phi) is 17.7. The number of nitro groups is 3. The number of nitrogen functional groups attached to an aromatic ring is 1. The summed E-state index contributed by atoms with van der Waals surface area (Å²) in [5.41, 5.74) is 16.5. The fourth-order valence-electron chi connectivity index (χ4n) is 8.79. The minimum absolute atomic E-state index is 0.0673. The van der Waals surface area contributed by atoms with E-state index in [1.807, 2.05) is 123 Å². The lowest BCUT2D eigenvalue weighted by molar-refractivity contribution is -0.385. The lowest BCUT2D eigenvalue weighted by Crippen LogP contribution is -1.92. The number of hydrogen-bond acceptors (Lipinski definition) is 11. The fraction of sp³-hybridized carbons (Fsp3) is 0.125. The molecule has 10 aromatic rings. The topological polar surface area (TPSA) is 213 Å². The van der Waals surface area contributed by atoms with Gasteiger partial charge in [-0.05, 0) is 193 Å². The van der Waals surface area contributed by atoms with Gasteiger partial charge in [0, 0.05) is 80.7 Å². The number of aromatic nitrogens is 2. The summed E-state index contributed by atoms with van der Waals surface area (Å²) >= 11 is 0. The van der Waals surface area contributed by atoms with Crippen molar-refractivity contribution >= 4 is 56.7 Å². The highest BCUT2D eigenvalue weighted by Gasteiger charge is 2.14. The number of fused-ring (bicyclic) bond motifs is 4. The Labute approximate surface area is 466 Å². The highest BCUT2D eigenvalue weighted by atomic mass is 19.1. The first-order chi connectivity index (χ1) is 38.8. The Bertz CT molecular complexity index is 4050. The van der Waals surface area contributed by atoms with Crippen molar-refractivity contribution in [2.75, 3.05) is 5.73 Å². The Balaban J connectivity index is 0.000000136. The number of allylic oxidation sites excluding steroid dienone is 2. The second-order valence-electron chi connectivity index (χ2n) is 19.2. The van der Waals surface area contributed by atoms with Crippen molar-refractivity contribution in [1.82, 2.24) is 9.13 Å². The van der Waals surface area contributed by atoms with E-state index in [4.69, 9.17) is 25.1 Å². The van der Waals surface area contributed by atoms with Crippen LogP contribution in [0.3, 0.4) is 0 Å². The molecule has 2 aliphatic carbocycles. The van der Waals surface area contributed by atoms with Gasteiger partial charge in [0.25, 0.3) is 17.1 Å². The SMILES string of the molecule is Cc1cc(N)ccc1Oc1ccc2ccn(C)c2c1.Cc1cc([N+](=O)[O-])ccc1F.Cc1cc([N+](=O)[O-])ccc1Oc1ccc2c(c1)CC=C2.Cc1cc([N+](=O)[O-])ccc1Oc1ccc2ccn(C)c2c1.Oc1ccc2c(c1)CC=C2. The van der Waals surface area contributed by atoms with E-state index in [-0.39, 0.29) is 17.1 Å². The van der Waals surface area contributed by atoms with Gasteiger partial charge in [-0.2, -0.15) is 0 Å². The van der Waals surface area contributed by atoms with E-state index in [1.165, 1.54) is 64.9 Å². The molecule has 0 saturated carbocycles. The molecule has 2 aliphatic rings. The van der Waals surface area contributed by atoms with Crippen LogP contribution >= 0.6 is 0 Å². The van der Waals surface area contributed by atoms with Gasteiger partial charge >= 0.3 is 0 Å². The van der Waals surface area contributed by atoms with Crippen molar-refractivity contribution in [2.45, 2.75) is 40.5 Å². The van der Waals surface area contributed by atoms with Gasteiger partial charge < -0.3 is 34.2 Å². The minimum Gasteiger partial charge on any atom is -0.508 e. The molecule has 0 radical (unpaired) electrons. The third kappa shape index (κ3) is 14.5. The van der Waals surface area contributed by atoms with Crippen LogP contribution in [-0.4, -0.2) is 29.0 Å². The molecule has 0 amide bonds. The Morgan fingerprint density at radius 1 is 0.481 bits per heavy atom. The van der Waals surface area contributed by atoms with Crippen LogP contribution in [0.5, 0.6) is 40.2 Å². The smallest absolute Gasteiger partial charge is 0.269 e. The molecule has 0 fully saturated rings. The molecule has 0 spiro atoms. The molecule has 0 aliphatic heterocycles. The van der Waals surface area contributed by atoms with Gasteiger partial charge in [0.2, 0.25) is 0 Å². The fourth-order valence-corrected chi connectivity index (χ4v) is 8.79. The molecule has 12 rings (SSSR count). The predicted molar refractivity (Wildman–Crippen MR) is 315 cm³/mol. The van der Waals surface area contributed by atoms with Gasteiger partial charge in [-0.25, -0.2) is 4.39 Å². The Morgan fingerprint density at radius 3 is 1.35 bits per heavy atom. The summed E-state index contributed by atoms with van der Waals surface area (Å²) in [6.07, 6.45) is 14.3. The van der Waals surface area contributed by atoms with Crippen molar-refractivity contribution in [2.24, 2.45) is 14.1 Å². The number of anilines is 1. The largest absolute Gasteiger partial charge is 0.508 e. The maximum Gasteiger partial charge on any atom is 0.269 e. The zero-order valence-corrected chi connectivity index (χ0v) is 45.2. The number of phenols is 1. The van der Waals surface area contributed by atoms with Crippen molar-refractivity contribution in [1.29, 1.82) is 0 Å². The van der Waals surface area contributed by atoms with E-state index >= 15 is 0 Å². The third-order valence-electron chi connectivity index (χ3n) is 13.2. The van der Waals surface area contributed by atoms with Gasteiger partial charge in [0.15, 0.2) is 0 Å². The number of rotatable bonds is 9. The number of nitro benzene ring substituents is 3. The molecule has 81 heavy (non-hydrogen) atoms. The van der Waals surface area contributed by atoms with Crippen molar-refractivity contribution < 1.29 is 38.5 Å². The molecule has 410 valence electrons. The molecule has 0 unspecified atom stereocenters. The molecule has 3 N–H and O–H groups in total. The van der Waals surface area contributed by atoms with Gasteiger partial charge in [-0.3, -0.25) is 30.3 Å². The first kappa shape index (κ1) is 56.6. The van der Waals surface area contributed by atoms with Crippen LogP contribution in [0.1, 0.15) is 44.5 Å². The number of aryl methyl sites for hydroxylation is 6. The van der Waals surface area contributed by atoms with Crippen LogP contribution in [0.4, 0.5) is 27.1 Å². The summed E-state index contributed by atoms with van der Waals surface area (Å²) in [4.78, 5) is 30.2. The number of nitrogens with two attached hydrogens (primary N) is 1. The second-order valence-corrected chi connectivity index (χ2v) is 19.2. The number of halogens is 1. The Hall–Kier alpha value is -10.6. The zero-order chi connectivity index (χ0) is 57.9. The lowest BCUT2D eigenvalue weighted by Gasteiger charge is -2.10. The highest BCUT2D eigenvalue weighted by molar-refractivity contribution is 5.82. The molecule has 16 nitrogen and oxygen atoms in total. The van der Waals surface area contributed by atoms with Gasteiger partial charge in [0.1, 0.15) is 46.1 Å². The van der Waals surface area contributed by atoms with E-state index in [0.717, 1.165) is 81.0 Å². The third-order valence-corrected chi connectivity index (χ3v) is 13.2. The molecule has 8 aromatic carbocycles. The van der Waals surface area contributed by atoms with Gasteiger partial charge in [-0.15, -0.1) is 0 Å². The van der Waals surface area contributed by atoms with Crippen molar-refractivity contribution in [3.8, 4) is 40.2 Å². The lowest BCUT2D eigenvalue weighted by atomic mass is 10.1. The summed E-state index contributed by atoms with van der Waals surface area (Å²) in [5.74, 6) is 4.34. The summed E-state index contributed by atoms with van der Waals surface area (Å²) in [6.45, 7) is 7.08. The molecule has 17 heteroatoms. The van der Waals surface area contributed by atoms with Crippen LogP contribution in [0.2, 0.25) is 0 Å². The van der Waals surface area contributed by atoms with Crippen molar-refractivity contribution in [3.05, 3.63) is 263 Å². The number of aromatic hydroxyl groups is 1. The van der Waals surface area contributed by atoms with E-state index in [9.17, 15) is 34.7 Å². The number of nitrogens with zero attached hydrogens (tertiary/aromatic N) is 5. The molecule has 0 saturated heterocycles. The average Bonchev–Trinajstić information content (AvgIpc) is 4.27. The molecule has 2 heterocycles. The minimum atomic E-state index is -0.549. The van der Waals surface area contributed by atoms with E-state index in [0.29, 0.717) is 28.6 Å². The van der Waals surface area contributed by atoms with Crippen LogP contribution in [-0.2, 0) is 26.9 Å². The second kappa shape index (κ2) is 25.3. The Morgan fingerprint density at radius 2 is 0.889 bits per heavy atom. The first-order valence-electron chi connectivity index (χ1n) is 25.5. The summed E-state index contributed by atoms with van der Waals surface area (Å²) in [6, 6.07) is 45.8. The van der Waals surface area contributed by atoms with Crippen molar-refractivity contribution in [3.63, 3.8) is 0 Å². The van der Waals surface area contributed by atoms with Crippen LogP contribution in [0.15, 0.2) is 182 Å². The van der Waals surface area contributed by atoms with Crippen LogP contribution < -0.4 is 19.9 Å². The number of phenolic OH excluding ortho intramolecular Hbond substituents is 1. The molecular formula is C64H57FN6O10. The van der Waals surface area contributed by atoms with E-state index < -0.39 is 20.6 Å². The maximum absolute atomic E-state index is 12.5. The summed E-state index contributed by atoms with van der Waals surface area (Å²) in [5, 5.41) is 43.0. The van der Waals surface area contributed by atoms with Gasteiger partial charge in [-0.1, -0.05) is 36.4 Å². The quantitative estimate of drug-likeness (QED) is 0.0788. The van der Waals surface area contributed by atoms with E-state index in [2.05, 4.69) is 41.0 Å². The maximum atomic E-state index is 12.5. The standard InChI is InChI=1S/C16H14N2O3.C16H16N2O.C16H13NO3.C9H8O.C7H6FNO2/c1-11-9-13(18(19)20)4-6-16(11)21-14-5-3-12-7-8-17(2)15(12)10-14;1-11-9-13(17)4-6-16(11)19-14-5-3-12-7-8-18(2)15(12)10-14;1-11-9-14(17(18)19)6-8-16(11)20-15-7-5-12-3-2-4-13(12)10-15;10-9-5-4-7-2-1-3-8(7)6-9;1-5-4-6(9(10)11)2-3-7(5)8/h3-10H,1-2H3;3-10H,17H2,1-2H3;2-3,5-10H,4H2,1H3;1-2,4-6,10H,3H2;2-4H,1H3. The van der Waals surface area contributed by atoms with Crippen LogP contribution in [0.25, 0.3) is 34.0 Å². The van der Waals surface area contributed by atoms with Gasteiger partial charge in [0.05, 0.1) is 25.8 Å². The number of hydrogen-bond donors (Lipinski definition) is 2. The molecule has 2 aromatic heterocycles. The summed E-state index contributed by atoms with van der Waals surface area (Å²) < 4.78 is 34.2. The number of benzene rings is 8. The zero-order valence-electron chi connectivity index (χ0n) is 45.2. The number of ether oxygens (including phenoxy) is 3. The molecular weight excluding hydrogens is 1030 g/mol. The molecule has 0 atom stereocenters. The normalized spacial score (nSPS) is 11.3. The van der Waals surface area contributed by atoms with E-state index in [1.54, 1.807) is 32.0 Å². The average molecular weight is 1090 g/mol. The highest BCUT2D eigenvalue weighted by Crippen LogP contribution is 2.34. The number of non-ortho nitro benzene ring substituents is 3. The molecule has 0 bridgehead atoms. The monoisotopic (exact) mass is 1090 g/mol. The summed E-state index contributed by atoms with van der Waals surface area (Å²) in [7, 11) is 4.00. The van der Waals surface area contributed by atoms with Crippen LogP contribution in [0, 0.1) is 63.9 Å².